The second-order valence-electron chi connectivity index (χ2n) is 6.03. The van der Waals surface area contributed by atoms with Gasteiger partial charge in [0.1, 0.15) is 5.82 Å². The van der Waals surface area contributed by atoms with Crippen molar-refractivity contribution in [1.82, 2.24) is 10.3 Å². The minimum Gasteiger partial charge on any atom is -0.369 e. The minimum atomic E-state index is -0.0233. The van der Waals surface area contributed by atoms with Gasteiger partial charge < -0.3 is 10.6 Å². The molecular formula is C16H25N3O. The van der Waals surface area contributed by atoms with Gasteiger partial charge >= 0.3 is 0 Å². The lowest BCUT2D eigenvalue weighted by Crippen LogP contribution is -2.34. The summed E-state index contributed by atoms with van der Waals surface area (Å²) in [5.41, 5.74) is 0.914. The summed E-state index contributed by atoms with van der Waals surface area (Å²) in [6, 6.07) is 3.64. The zero-order valence-corrected chi connectivity index (χ0v) is 12.5. The zero-order valence-electron chi connectivity index (χ0n) is 12.5. The van der Waals surface area contributed by atoms with Crippen molar-refractivity contribution in [1.29, 1.82) is 0 Å². The van der Waals surface area contributed by atoms with Gasteiger partial charge in [-0.3, -0.25) is 4.79 Å². The van der Waals surface area contributed by atoms with Gasteiger partial charge in [0.15, 0.2) is 0 Å². The Balaban J connectivity index is 1.98. The Bertz CT molecular complexity index is 453. The lowest BCUT2D eigenvalue weighted by molar-refractivity contribution is 0.0935. The summed E-state index contributed by atoms with van der Waals surface area (Å²) in [6.07, 6.45) is 7.70. The van der Waals surface area contributed by atoms with E-state index in [1.165, 1.54) is 25.7 Å². The number of hydrogen-bond donors (Lipinski definition) is 2. The highest BCUT2D eigenvalue weighted by Crippen LogP contribution is 2.36. The first-order valence-electron chi connectivity index (χ1n) is 7.62. The number of aromatic nitrogens is 1. The molecule has 1 amide bonds. The SMILES string of the molecule is CCCNc1ncccc1C(=O)NCC1(C)CCCC1. The number of carbonyl (C=O) groups excluding carboxylic acids is 1. The summed E-state index contributed by atoms with van der Waals surface area (Å²) in [6.45, 7) is 5.94. The molecule has 2 N–H and O–H groups in total. The Morgan fingerprint density at radius 2 is 2.15 bits per heavy atom. The normalized spacial score (nSPS) is 16.9. The number of nitrogens with zero attached hydrogens (tertiary/aromatic N) is 1. The monoisotopic (exact) mass is 275 g/mol. The number of anilines is 1. The first kappa shape index (κ1) is 14.8. The van der Waals surface area contributed by atoms with Crippen molar-refractivity contribution in [2.45, 2.75) is 46.0 Å². The largest absolute Gasteiger partial charge is 0.369 e. The molecule has 0 unspecified atom stereocenters. The highest BCUT2D eigenvalue weighted by molar-refractivity contribution is 5.98. The van der Waals surface area contributed by atoms with E-state index >= 15 is 0 Å². The first-order valence-corrected chi connectivity index (χ1v) is 7.62. The smallest absolute Gasteiger partial charge is 0.255 e. The van der Waals surface area contributed by atoms with Gasteiger partial charge in [-0.1, -0.05) is 26.7 Å². The van der Waals surface area contributed by atoms with Crippen LogP contribution in [0.15, 0.2) is 18.3 Å². The quantitative estimate of drug-likeness (QED) is 0.838. The molecule has 1 fully saturated rings. The molecule has 1 saturated carbocycles. The van der Waals surface area contributed by atoms with E-state index in [0.29, 0.717) is 11.4 Å². The van der Waals surface area contributed by atoms with Gasteiger partial charge in [0.2, 0.25) is 0 Å². The maximum atomic E-state index is 12.3. The van der Waals surface area contributed by atoms with Crippen LogP contribution in [0.1, 0.15) is 56.3 Å². The molecule has 0 spiro atoms. The summed E-state index contributed by atoms with van der Waals surface area (Å²) in [5, 5.41) is 6.29. The van der Waals surface area contributed by atoms with E-state index in [9.17, 15) is 4.79 Å². The van der Waals surface area contributed by atoms with Gasteiger partial charge in [0.05, 0.1) is 5.56 Å². The van der Waals surface area contributed by atoms with Crippen LogP contribution in [0.25, 0.3) is 0 Å². The van der Waals surface area contributed by atoms with Crippen molar-refractivity contribution < 1.29 is 4.79 Å². The highest BCUT2D eigenvalue weighted by atomic mass is 16.1. The molecule has 110 valence electrons. The number of rotatable bonds is 6. The van der Waals surface area contributed by atoms with Gasteiger partial charge in [0.25, 0.3) is 5.91 Å². The van der Waals surface area contributed by atoms with Crippen LogP contribution in [0.4, 0.5) is 5.82 Å². The second kappa shape index (κ2) is 6.73. The van der Waals surface area contributed by atoms with E-state index in [0.717, 1.165) is 19.5 Å². The average molecular weight is 275 g/mol. The molecular weight excluding hydrogens is 250 g/mol. The summed E-state index contributed by atoms with van der Waals surface area (Å²) < 4.78 is 0. The number of carbonyl (C=O) groups is 1. The van der Waals surface area contributed by atoms with Crippen molar-refractivity contribution in [3.8, 4) is 0 Å². The van der Waals surface area contributed by atoms with Crippen molar-refractivity contribution in [2.24, 2.45) is 5.41 Å². The molecule has 0 aromatic carbocycles. The van der Waals surface area contributed by atoms with Gasteiger partial charge in [-0.05, 0) is 36.8 Å². The molecule has 1 aromatic heterocycles. The van der Waals surface area contributed by atoms with E-state index < -0.39 is 0 Å². The van der Waals surface area contributed by atoms with Crippen molar-refractivity contribution >= 4 is 11.7 Å². The molecule has 20 heavy (non-hydrogen) atoms. The molecule has 4 nitrogen and oxygen atoms in total. The van der Waals surface area contributed by atoms with Gasteiger partial charge in [-0.25, -0.2) is 4.98 Å². The minimum absolute atomic E-state index is 0.0233. The van der Waals surface area contributed by atoms with Crippen LogP contribution >= 0.6 is 0 Å². The third kappa shape index (κ3) is 3.71. The Morgan fingerprint density at radius 1 is 1.40 bits per heavy atom. The molecule has 0 saturated heterocycles. The lowest BCUT2D eigenvalue weighted by atomic mass is 9.89. The van der Waals surface area contributed by atoms with E-state index in [1.54, 1.807) is 6.20 Å². The zero-order chi connectivity index (χ0) is 14.4. The van der Waals surface area contributed by atoms with E-state index in [4.69, 9.17) is 0 Å². The van der Waals surface area contributed by atoms with Crippen LogP contribution in [0, 0.1) is 5.41 Å². The molecule has 0 aliphatic heterocycles. The van der Waals surface area contributed by atoms with Crippen LogP contribution in [-0.4, -0.2) is 24.0 Å². The predicted octanol–water partition coefficient (Wildman–Crippen LogP) is 3.21. The van der Waals surface area contributed by atoms with Crippen LogP contribution in [-0.2, 0) is 0 Å². The second-order valence-corrected chi connectivity index (χ2v) is 6.03. The van der Waals surface area contributed by atoms with E-state index in [2.05, 4.69) is 29.5 Å². The third-order valence-corrected chi connectivity index (χ3v) is 4.08. The standard InChI is InChI=1S/C16H25N3O/c1-3-10-17-14-13(7-6-11-18-14)15(20)19-12-16(2)8-4-5-9-16/h6-7,11H,3-5,8-10,12H2,1-2H3,(H,17,18)(H,19,20). The highest BCUT2D eigenvalue weighted by Gasteiger charge is 2.29. The number of pyridine rings is 1. The first-order chi connectivity index (χ1) is 9.64. The van der Waals surface area contributed by atoms with Gasteiger partial charge in [-0.15, -0.1) is 0 Å². The van der Waals surface area contributed by atoms with Crippen molar-refractivity contribution in [2.75, 3.05) is 18.4 Å². The molecule has 1 aromatic rings. The van der Waals surface area contributed by atoms with E-state index in [-0.39, 0.29) is 11.3 Å². The maximum absolute atomic E-state index is 12.3. The molecule has 1 aliphatic rings. The summed E-state index contributed by atoms with van der Waals surface area (Å²) in [4.78, 5) is 16.6. The Morgan fingerprint density at radius 3 is 2.85 bits per heavy atom. The number of hydrogen-bond acceptors (Lipinski definition) is 3. The van der Waals surface area contributed by atoms with Crippen LogP contribution < -0.4 is 10.6 Å². The number of amides is 1. The van der Waals surface area contributed by atoms with Crippen LogP contribution in [0.5, 0.6) is 0 Å². The molecule has 0 atom stereocenters. The molecule has 4 heteroatoms. The molecule has 0 radical (unpaired) electrons. The van der Waals surface area contributed by atoms with Gasteiger partial charge in [-0.2, -0.15) is 0 Å². The van der Waals surface area contributed by atoms with Crippen LogP contribution in [0.3, 0.4) is 0 Å². The van der Waals surface area contributed by atoms with Gasteiger partial charge in [0, 0.05) is 19.3 Å². The fraction of sp³-hybridized carbons (Fsp3) is 0.625. The molecule has 2 rings (SSSR count). The topological polar surface area (TPSA) is 54.0 Å². The number of nitrogens with one attached hydrogen (secondary N) is 2. The predicted molar refractivity (Wildman–Crippen MR) is 81.9 cm³/mol. The third-order valence-electron chi connectivity index (χ3n) is 4.08. The van der Waals surface area contributed by atoms with Crippen molar-refractivity contribution in [3.05, 3.63) is 23.9 Å². The summed E-state index contributed by atoms with van der Waals surface area (Å²) >= 11 is 0. The van der Waals surface area contributed by atoms with E-state index in [1.807, 2.05) is 12.1 Å². The lowest BCUT2D eigenvalue weighted by Gasteiger charge is -2.23. The summed E-state index contributed by atoms with van der Waals surface area (Å²) in [7, 11) is 0. The fourth-order valence-electron chi connectivity index (χ4n) is 2.77. The molecule has 1 aliphatic carbocycles. The average Bonchev–Trinajstić information content (AvgIpc) is 2.90. The Labute approximate surface area is 121 Å². The molecule has 1 heterocycles. The fourth-order valence-corrected chi connectivity index (χ4v) is 2.77. The maximum Gasteiger partial charge on any atom is 0.255 e. The van der Waals surface area contributed by atoms with Crippen molar-refractivity contribution in [3.63, 3.8) is 0 Å². The summed E-state index contributed by atoms with van der Waals surface area (Å²) in [5.74, 6) is 0.660. The van der Waals surface area contributed by atoms with Crippen LogP contribution in [0.2, 0.25) is 0 Å². The molecule has 0 bridgehead atoms. The Hall–Kier alpha value is -1.58. The Kier molecular flexibility index (Phi) is 4.99.